The van der Waals surface area contributed by atoms with E-state index in [1.54, 1.807) is 24.3 Å². The summed E-state index contributed by atoms with van der Waals surface area (Å²) in [4.78, 5) is 24.8. The minimum atomic E-state index is -0.545. The number of thiocarbonyl (C=S) groups is 1. The van der Waals surface area contributed by atoms with Crippen LogP contribution in [0.15, 0.2) is 24.3 Å². The Morgan fingerprint density at radius 1 is 1.24 bits per heavy atom. The molecular formula is C17H17N3O3S2. The minimum Gasteiger partial charge on any atom is -0.465 e. The van der Waals surface area contributed by atoms with Crippen molar-refractivity contribution in [3.8, 4) is 0 Å². The van der Waals surface area contributed by atoms with Gasteiger partial charge in [0.15, 0.2) is 5.11 Å². The van der Waals surface area contributed by atoms with Gasteiger partial charge in [-0.25, -0.2) is 4.79 Å². The number of amides is 1. The molecule has 1 aliphatic rings. The lowest BCUT2D eigenvalue weighted by atomic mass is 10.1. The smallest absolute Gasteiger partial charge is 0.341 e. The highest BCUT2D eigenvalue weighted by Crippen LogP contribution is 2.39. The highest BCUT2D eigenvalue weighted by molar-refractivity contribution is 7.80. The molecule has 0 unspecified atom stereocenters. The van der Waals surface area contributed by atoms with Gasteiger partial charge in [-0.3, -0.25) is 4.79 Å². The summed E-state index contributed by atoms with van der Waals surface area (Å²) in [5, 5.41) is 6.95. The van der Waals surface area contributed by atoms with Gasteiger partial charge in [0.05, 0.1) is 23.9 Å². The van der Waals surface area contributed by atoms with E-state index in [2.05, 4.69) is 10.6 Å². The molecule has 8 heteroatoms. The average molecular weight is 375 g/mol. The molecule has 0 bridgehead atoms. The summed E-state index contributed by atoms with van der Waals surface area (Å²) in [5.74, 6) is -0.918. The Bertz CT molecular complexity index is 861. The van der Waals surface area contributed by atoms with Crippen LogP contribution < -0.4 is 16.4 Å². The molecule has 0 saturated heterocycles. The predicted octanol–water partition coefficient (Wildman–Crippen LogP) is 2.93. The molecule has 0 saturated carbocycles. The van der Waals surface area contributed by atoms with E-state index in [9.17, 15) is 9.59 Å². The average Bonchev–Trinajstić information content (AvgIpc) is 3.15. The number of thiophene rings is 1. The summed E-state index contributed by atoms with van der Waals surface area (Å²) in [6.07, 6.45) is 2.86. The molecule has 1 aromatic heterocycles. The van der Waals surface area contributed by atoms with Crippen LogP contribution in [0.1, 0.15) is 37.6 Å². The lowest BCUT2D eigenvalue weighted by Gasteiger charge is -2.13. The van der Waals surface area contributed by atoms with E-state index < -0.39 is 5.91 Å². The fraction of sp³-hybridized carbons (Fsp3) is 0.235. The van der Waals surface area contributed by atoms with Crippen LogP contribution in [-0.4, -0.2) is 24.1 Å². The number of carbonyl (C=O) groups excluding carboxylic acids is 2. The fourth-order valence-corrected chi connectivity index (χ4v) is 4.43. The van der Waals surface area contributed by atoms with E-state index in [1.165, 1.54) is 23.3 Å². The zero-order valence-electron chi connectivity index (χ0n) is 13.5. The van der Waals surface area contributed by atoms with Gasteiger partial charge in [0.25, 0.3) is 5.91 Å². The molecule has 0 radical (unpaired) electrons. The molecule has 1 aromatic carbocycles. The van der Waals surface area contributed by atoms with Crippen molar-refractivity contribution in [3.63, 3.8) is 0 Å². The molecule has 25 heavy (non-hydrogen) atoms. The summed E-state index contributed by atoms with van der Waals surface area (Å²) in [7, 11) is 1.37. The zero-order valence-corrected chi connectivity index (χ0v) is 15.2. The first-order valence-electron chi connectivity index (χ1n) is 7.71. The molecule has 3 rings (SSSR count). The lowest BCUT2D eigenvalue weighted by molar-refractivity contribution is 0.0601. The maximum Gasteiger partial charge on any atom is 0.341 e. The zero-order chi connectivity index (χ0) is 18.0. The largest absolute Gasteiger partial charge is 0.465 e. The lowest BCUT2D eigenvalue weighted by Crippen LogP contribution is -2.22. The third-order valence-corrected chi connectivity index (χ3v) is 5.39. The van der Waals surface area contributed by atoms with Crippen molar-refractivity contribution in [2.24, 2.45) is 5.73 Å². The normalized spacial score (nSPS) is 12.4. The van der Waals surface area contributed by atoms with Crippen molar-refractivity contribution in [1.82, 2.24) is 0 Å². The first kappa shape index (κ1) is 17.4. The Morgan fingerprint density at radius 2 is 2.00 bits per heavy atom. The molecule has 0 aliphatic heterocycles. The van der Waals surface area contributed by atoms with E-state index in [-0.39, 0.29) is 11.1 Å². The van der Waals surface area contributed by atoms with E-state index in [0.717, 1.165) is 24.8 Å². The number of para-hydroxylation sites is 1. The highest BCUT2D eigenvalue weighted by atomic mass is 32.1. The molecule has 0 atom stereocenters. The molecule has 4 N–H and O–H groups in total. The van der Waals surface area contributed by atoms with Gasteiger partial charge < -0.3 is 21.1 Å². The molecular weight excluding hydrogens is 358 g/mol. The number of esters is 1. The molecule has 1 heterocycles. The first-order chi connectivity index (χ1) is 12.0. The number of methoxy groups -OCH3 is 1. The standard InChI is InChI=1S/C17H17N3O3S2/c1-23-16(22)13-10-6-4-8-12(10)25-15(13)20-17(24)19-11-7-3-2-5-9(11)14(18)21/h2-3,5,7H,4,6,8H2,1H3,(H2,18,21)(H2,19,20,24). The Morgan fingerprint density at radius 3 is 2.72 bits per heavy atom. The van der Waals surface area contributed by atoms with Crippen LogP contribution in [0.5, 0.6) is 0 Å². The SMILES string of the molecule is COC(=O)c1c(NC(=S)Nc2ccccc2C(N)=O)sc2c1CCC2. The summed E-state index contributed by atoms with van der Waals surface area (Å²) < 4.78 is 4.91. The van der Waals surface area contributed by atoms with Gasteiger partial charge in [-0.2, -0.15) is 0 Å². The van der Waals surface area contributed by atoms with Gasteiger partial charge in [-0.1, -0.05) is 12.1 Å². The molecule has 1 amide bonds. The van der Waals surface area contributed by atoms with Crippen LogP contribution in [0.2, 0.25) is 0 Å². The number of hydrogen-bond donors (Lipinski definition) is 3. The maximum atomic E-state index is 12.2. The van der Waals surface area contributed by atoms with E-state index in [4.69, 9.17) is 22.7 Å². The highest BCUT2D eigenvalue weighted by Gasteiger charge is 2.27. The molecule has 130 valence electrons. The van der Waals surface area contributed by atoms with Gasteiger partial charge in [-0.05, 0) is 49.2 Å². The number of fused-ring (bicyclic) bond motifs is 1. The van der Waals surface area contributed by atoms with Gasteiger partial charge >= 0.3 is 5.97 Å². The molecule has 6 nitrogen and oxygen atoms in total. The number of rotatable bonds is 4. The predicted molar refractivity (Wildman–Crippen MR) is 102 cm³/mol. The maximum absolute atomic E-state index is 12.2. The van der Waals surface area contributed by atoms with Crippen LogP contribution in [0, 0.1) is 0 Å². The third-order valence-electron chi connectivity index (χ3n) is 3.98. The summed E-state index contributed by atoms with van der Waals surface area (Å²) in [5.41, 5.74) is 7.81. The molecule has 2 aromatic rings. The Hall–Kier alpha value is -2.45. The van der Waals surface area contributed by atoms with Crippen LogP contribution in [-0.2, 0) is 17.6 Å². The quantitative estimate of drug-likeness (QED) is 0.562. The van der Waals surface area contributed by atoms with E-state index >= 15 is 0 Å². The number of anilines is 2. The second-order valence-corrected chi connectivity index (χ2v) is 7.06. The first-order valence-corrected chi connectivity index (χ1v) is 8.93. The number of carbonyl (C=O) groups is 2. The topological polar surface area (TPSA) is 93.4 Å². The van der Waals surface area contributed by atoms with Crippen molar-refractivity contribution in [3.05, 3.63) is 45.8 Å². The van der Waals surface area contributed by atoms with Gasteiger partial charge in [-0.15, -0.1) is 11.3 Å². The number of nitrogens with one attached hydrogen (secondary N) is 2. The Balaban J connectivity index is 1.83. The Kier molecular flexibility index (Phi) is 5.00. The van der Waals surface area contributed by atoms with Crippen LogP contribution in [0.3, 0.4) is 0 Å². The number of ether oxygens (including phenoxy) is 1. The number of primary amides is 1. The number of hydrogen-bond acceptors (Lipinski definition) is 5. The number of benzene rings is 1. The van der Waals surface area contributed by atoms with Crippen molar-refractivity contribution in [2.75, 3.05) is 17.7 Å². The van der Waals surface area contributed by atoms with Gasteiger partial charge in [0.1, 0.15) is 5.00 Å². The molecule has 1 aliphatic carbocycles. The van der Waals surface area contributed by atoms with Crippen LogP contribution in [0.25, 0.3) is 0 Å². The molecule has 0 fully saturated rings. The molecule has 0 spiro atoms. The van der Waals surface area contributed by atoms with Gasteiger partial charge in [0, 0.05) is 4.88 Å². The van der Waals surface area contributed by atoms with Crippen molar-refractivity contribution < 1.29 is 14.3 Å². The van der Waals surface area contributed by atoms with E-state index in [1.807, 2.05) is 0 Å². The van der Waals surface area contributed by atoms with Crippen molar-refractivity contribution in [1.29, 1.82) is 0 Å². The summed E-state index contributed by atoms with van der Waals surface area (Å²) in [6, 6.07) is 6.83. The number of aryl methyl sites for hydroxylation is 1. The summed E-state index contributed by atoms with van der Waals surface area (Å²) >= 11 is 6.84. The van der Waals surface area contributed by atoms with Crippen LogP contribution in [0.4, 0.5) is 10.7 Å². The minimum absolute atomic E-state index is 0.277. The Labute approximate surface area is 154 Å². The number of nitrogens with two attached hydrogens (primary N) is 1. The second kappa shape index (κ2) is 7.20. The van der Waals surface area contributed by atoms with Crippen molar-refractivity contribution in [2.45, 2.75) is 19.3 Å². The third kappa shape index (κ3) is 3.49. The van der Waals surface area contributed by atoms with Gasteiger partial charge in [0.2, 0.25) is 0 Å². The summed E-state index contributed by atoms with van der Waals surface area (Å²) in [6.45, 7) is 0. The van der Waals surface area contributed by atoms with E-state index in [0.29, 0.717) is 21.8 Å². The van der Waals surface area contributed by atoms with Crippen molar-refractivity contribution >= 4 is 51.2 Å². The fourth-order valence-electron chi connectivity index (χ4n) is 2.87. The monoisotopic (exact) mass is 375 g/mol. The second-order valence-electron chi connectivity index (χ2n) is 5.54. The van der Waals surface area contributed by atoms with Crippen LogP contribution >= 0.6 is 23.6 Å².